The molecule has 2 rings (SSSR count). The molecule has 2 amide bonds. The smallest absolute Gasteiger partial charge is 0.306 e. The van der Waals surface area contributed by atoms with Crippen LogP contribution in [0.25, 0.3) is 0 Å². The van der Waals surface area contributed by atoms with Gasteiger partial charge < -0.3 is 14.9 Å². The lowest BCUT2D eigenvalue weighted by atomic mass is 9.97. The molecule has 1 heterocycles. The van der Waals surface area contributed by atoms with Crippen LogP contribution in [0.4, 0.5) is 0 Å². The van der Waals surface area contributed by atoms with Crippen molar-refractivity contribution in [2.75, 3.05) is 26.7 Å². The van der Waals surface area contributed by atoms with E-state index >= 15 is 0 Å². The molecule has 1 saturated carbocycles. The standard InChI is InChI=1S/C16H26N2O4/c1-17(14(19)10-12-4-2-3-5-12)11-15(20)18-8-6-13(7-9-18)16(21)22/h12-13H,2-11H2,1H3,(H,21,22). The maximum absolute atomic E-state index is 12.2. The van der Waals surface area contributed by atoms with Crippen molar-refractivity contribution >= 4 is 17.8 Å². The van der Waals surface area contributed by atoms with Gasteiger partial charge in [-0.3, -0.25) is 14.4 Å². The number of amides is 2. The van der Waals surface area contributed by atoms with Gasteiger partial charge in [-0.25, -0.2) is 0 Å². The molecule has 1 N–H and O–H groups in total. The molecule has 2 aliphatic rings. The third kappa shape index (κ3) is 4.45. The second-order valence-corrected chi connectivity index (χ2v) is 6.60. The molecular weight excluding hydrogens is 284 g/mol. The van der Waals surface area contributed by atoms with Gasteiger partial charge in [-0.15, -0.1) is 0 Å². The molecule has 124 valence electrons. The van der Waals surface area contributed by atoms with Crippen LogP contribution in [-0.4, -0.2) is 59.4 Å². The van der Waals surface area contributed by atoms with Crippen molar-refractivity contribution in [3.63, 3.8) is 0 Å². The van der Waals surface area contributed by atoms with Crippen molar-refractivity contribution in [1.82, 2.24) is 9.80 Å². The maximum Gasteiger partial charge on any atom is 0.306 e. The predicted molar refractivity (Wildman–Crippen MR) is 81.2 cm³/mol. The van der Waals surface area contributed by atoms with Gasteiger partial charge in [0.25, 0.3) is 0 Å². The van der Waals surface area contributed by atoms with E-state index in [-0.39, 0.29) is 24.3 Å². The number of nitrogens with zero attached hydrogens (tertiary/aromatic N) is 2. The molecule has 1 aliphatic heterocycles. The first kappa shape index (κ1) is 16.8. The van der Waals surface area contributed by atoms with Gasteiger partial charge in [0.1, 0.15) is 0 Å². The Morgan fingerprint density at radius 2 is 1.68 bits per heavy atom. The number of carboxylic acids is 1. The number of likely N-dealkylation sites (N-methyl/N-ethyl adjacent to an activating group) is 1. The number of carbonyl (C=O) groups is 3. The lowest BCUT2D eigenvalue weighted by Crippen LogP contribution is -2.45. The van der Waals surface area contributed by atoms with Crippen LogP contribution in [0.1, 0.15) is 44.9 Å². The highest BCUT2D eigenvalue weighted by Crippen LogP contribution is 2.27. The highest BCUT2D eigenvalue weighted by atomic mass is 16.4. The van der Waals surface area contributed by atoms with E-state index in [1.807, 2.05) is 0 Å². The summed E-state index contributed by atoms with van der Waals surface area (Å²) in [5.74, 6) is -0.676. The summed E-state index contributed by atoms with van der Waals surface area (Å²) in [6, 6.07) is 0. The van der Waals surface area contributed by atoms with Crippen molar-refractivity contribution in [3.8, 4) is 0 Å². The van der Waals surface area contributed by atoms with Crippen LogP contribution in [0.2, 0.25) is 0 Å². The molecule has 6 nitrogen and oxygen atoms in total. The number of likely N-dealkylation sites (tertiary alicyclic amines) is 1. The Labute approximate surface area is 131 Å². The summed E-state index contributed by atoms with van der Waals surface area (Å²) < 4.78 is 0. The number of hydrogen-bond acceptors (Lipinski definition) is 3. The summed E-state index contributed by atoms with van der Waals surface area (Å²) in [5, 5.41) is 8.96. The van der Waals surface area contributed by atoms with Gasteiger partial charge in [-0.2, -0.15) is 0 Å². The Bertz CT molecular complexity index is 424. The molecule has 0 bridgehead atoms. The van der Waals surface area contributed by atoms with Crippen molar-refractivity contribution in [1.29, 1.82) is 0 Å². The number of piperidine rings is 1. The molecule has 0 radical (unpaired) electrons. The Morgan fingerprint density at radius 1 is 1.09 bits per heavy atom. The molecule has 1 aliphatic carbocycles. The fraction of sp³-hybridized carbons (Fsp3) is 0.812. The van der Waals surface area contributed by atoms with Gasteiger partial charge >= 0.3 is 5.97 Å². The topological polar surface area (TPSA) is 77.9 Å². The minimum Gasteiger partial charge on any atom is -0.481 e. The monoisotopic (exact) mass is 310 g/mol. The van der Waals surface area contributed by atoms with E-state index in [0.717, 1.165) is 12.8 Å². The van der Waals surface area contributed by atoms with Gasteiger partial charge in [0.15, 0.2) is 0 Å². The van der Waals surface area contributed by atoms with E-state index in [1.54, 1.807) is 11.9 Å². The summed E-state index contributed by atoms with van der Waals surface area (Å²) >= 11 is 0. The van der Waals surface area contributed by atoms with Gasteiger partial charge in [-0.1, -0.05) is 12.8 Å². The van der Waals surface area contributed by atoms with E-state index in [0.29, 0.717) is 38.3 Å². The summed E-state index contributed by atoms with van der Waals surface area (Å²) in [4.78, 5) is 38.5. The molecule has 22 heavy (non-hydrogen) atoms. The van der Waals surface area contributed by atoms with E-state index < -0.39 is 5.97 Å². The largest absolute Gasteiger partial charge is 0.481 e. The fourth-order valence-electron chi connectivity index (χ4n) is 3.38. The van der Waals surface area contributed by atoms with E-state index in [2.05, 4.69) is 0 Å². The molecule has 0 spiro atoms. The lowest BCUT2D eigenvalue weighted by Gasteiger charge is -2.31. The predicted octanol–water partition coefficient (Wildman–Crippen LogP) is 1.35. The number of rotatable bonds is 5. The SMILES string of the molecule is CN(CC(=O)N1CCC(C(=O)O)CC1)C(=O)CC1CCCC1. The first-order chi connectivity index (χ1) is 10.5. The summed E-state index contributed by atoms with van der Waals surface area (Å²) in [7, 11) is 1.68. The Morgan fingerprint density at radius 3 is 2.23 bits per heavy atom. The summed E-state index contributed by atoms with van der Waals surface area (Å²) in [5.41, 5.74) is 0. The van der Waals surface area contributed by atoms with Crippen LogP contribution < -0.4 is 0 Å². The number of carboxylic acid groups (broad SMARTS) is 1. The third-order valence-electron chi connectivity index (χ3n) is 4.93. The molecular formula is C16H26N2O4. The molecule has 0 aromatic carbocycles. The van der Waals surface area contributed by atoms with Gasteiger partial charge in [-0.05, 0) is 31.6 Å². The lowest BCUT2D eigenvalue weighted by molar-refractivity contribution is -0.146. The Kier molecular flexibility index (Phi) is 5.80. The minimum absolute atomic E-state index is 0.0423. The van der Waals surface area contributed by atoms with Crippen molar-refractivity contribution in [3.05, 3.63) is 0 Å². The minimum atomic E-state index is -0.782. The average Bonchev–Trinajstić information content (AvgIpc) is 3.00. The second-order valence-electron chi connectivity index (χ2n) is 6.60. The van der Waals surface area contributed by atoms with Crippen LogP contribution >= 0.6 is 0 Å². The van der Waals surface area contributed by atoms with Crippen molar-refractivity contribution < 1.29 is 19.5 Å². The molecule has 2 fully saturated rings. The quantitative estimate of drug-likeness (QED) is 0.831. The first-order valence-corrected chi connectivity index (χ1v) is 8.22. The molecule has 0 atom stereocenters. The molecule has 0 aromatic rings. The van der Waals surface area contributed by atoms with Gasteiger partial charge in [0.05, 0.1) is 12.5 Å². The zero-order chi connectivity index (χ0) is 16.1. The van der Waals surface area contributed by atoms with Gasteiger partial charge in [0, 0.05) is 26.6 Å². The summed E-state index contributed by atoms with van der Waals surface area (Å²) in [6.45, 7) is 1.05. The molecule has 0 unspecified atom stereocenters. The zero-order valence-electron chi connectivity index (χ0n) is 13.3. The normalized spacial score (nSPS) is 20.1. The third-order valence-corrected chi connectivity index (χ3v) is 4.93. The Balaban J connectivity index is 1.74. The van der Waals surface area contributed by atoms with Crippen molar-refractivity contribution in [2.24, 2.45) is 11.8 Å². The highest BCUT2D eigenvalue weighted by Gasteiger charge is 2.28. The number of aliphatic carboxylic acids is 1. The molecule has 6 heteroatoms. The van der Waals surface area contributed by atoms with Crippen molar-refractivity contribution in [2.45, 2.75) is 44.9 Å². The van der Waals surface area contributed by atoms with E-state index in [4.69, 9.17) is 5.11 Å². The first-order valence-electron chi connectivity index (χ1n) is 8.22. The van der Waals surface area contributed by atoms with Crippen LogP contribution in [0, 0.1) is 11.8 Å². The fourth-order valence-corrected chi connectivity index (χ4v) is 3.38. The van der Waals surface area contributed by atoms with Crippen LogP contribution in [0.5, 0.6) is 0 Å². The Hall–Kier alpha value is -1.59. The number of carbonyl (C=O) groups excluding carboxylic acids is 2. The maximum atomic E-state index is 12.2. The second kappa shape index (κ2) is 7.61. The molecule has 0 aromatic heterocycles. The van der Waals surface area contributed by atoms with E-state index in [1.165, 1.54) is 17.7 Å². The average molecular weight is 310 g/mol. The van der Waals surface area contributed by atoms with Crippen LogP contribution in [0.15, 0.2) is 0 Å². The van der Waals surface area contributed by atoms with Crippen LogP contribution in [-0.2, 0) is 14.4 Å². The summed E-state index contributed by atoms with van der Waals surface area (Å²) in [6.07, 6.45) is 6.21. The van der Waals surface area contributed by atoms with E-state index in [9.17, 15) is 14.4 Å². The highest BCUT2D eigenvalue weighted by molar-refractivity contribution is 5.85. The zero-order valence-corrected chi connectivity index (χ0v) is 13.3. The molecule has 1 saturated heterocycles. The van der Waals surface area contributed by atoms with Crippen LogP contribution in [0.3, 0.4) is 0 Å². The number of hydrogen-bond donors (Lipinski definition) is 1. The van der Waals surface area contributed by atoms with Gasteiger partial charge in [0.2, 0.25) is 11.8 Å².